The quantitative estimate of drug-likeness (QED) is 0.319. The van der Waals surface area contributed by atoms with E-state index in [9.17, 15) is 0 Å². The maximum atomic E-state index is 6.37. The summed E-state index contributed by atoms with van der Waals surface area (Å²) in [7, 11) is 0. The molecule has 178 valence electrons. The maximum absolute atomic E-state index is 6.37. The highest BCUT2D eigenvalue weighted by Crippen LogP contribution is 2.31. The molecule has 4 heteroatoms. The molecule has 32 heavy (non-hydrogen) atoms. The topological polar surface area (TPSA) is 44.9 Å². The molecule has 4 nitrogen and oxygen atoms in total. The van der Waals surface area contributed by atoms with Crippen LogP contribution in [0.15, 0.2) is 64.9 Å². The summed E-state index contributed by atoms with van der Waals surface area (Å²) in [4.78, 5) is 9.86. The molecule has 0 aromatic heterocycles. The molecule has 0 aromatic carbocycles. The Hall–Kier alpha value is -2.07. The van der Waals surface area contributed by atoms with Crippen LogP contribution in [0.2, 0.25) is 0 Å². The van der Waals surface area contributed by atoms with Crippen molar-refractivity contribution in [1.82, 2.24) is 9.80 Å². The van der Waals surface area contributed by atoms with Crippen LogP contribution in [0.1, 0.15) is 72.1 Å². The average Bonchev–Trinajstić information content (AvgIpc) is 2.94. The van der Waals surface area contributed by atoms with E-state index < -0.39 is 0 Å². The van der Waals surface area contributed by atoms with Crippen LogP contribution in [0.4, 0.5) is 0 Å². The van der Waals surface area contributed by atoms with Crippen molar-refractivity contribution in [3.05, 3.63) is 59.9 Å². The Balaban J connectivity index is 2.06. The summed E-state index contributed by atoms with van der Waals surface area (Å²) in [6.45, 7) is 20.5. The van der Waals surface area contributed by atoms with Gasteiger partial charge in [0.2, 0.25) is 0 Å². The zero-order valence-corrected chi connectivity index (χ0v) is 20.9. The lowest BCUT2D eigenvalue weighted by atomic mass is 9.90. The highest BCUT2D eigenvalue weighted by atomic mass is 15.1. The smallest absolute Gasteiger partial charge is 0.0990 e. The van der Waals surface area contributed by atoms with Gasteiger partial charge >= 0.3 is 0 Å². The number of allylic oxidation sites excluding steroid dienone is 3. The molecule has 2 N–H and O–H groups in total. The van der Waals surface area contributed by atoms with E-state index >= 15 is 0 Å². The Kier molecular flexibility index (Phi) is 11.6. The van der Waals surface area contributed by atoms with Crippen molar-refractivity contribution in [2.75, 3.05) is 32.7 Å². The molecule has 1 atom stereocenters. The molecule has 0 amide bonds. The van der Waals surface area contributed by atoms with Crippen molar-refractivity contribution in [3.8, 4) is 0 Å². The lowest BCUT2D eigenvalue weighted by Crippen LogP contribution is -2.27. The number of fused-ring (bicyclic) bond motifs is 1. The highest BCUT2D eigenvalue weighted by Gasteiger charge is 2.23. The number of nitrogens with zero attached hydrogens (tertiary/aromatic N) is 3. The minimum atomic E-state index is 0.151. The Bertz CT molecular complexity index is 735. The van der Waals surface area contributed by atoms with Gasteiger partial charge in [0.05, 0.1) is 11.9 Å². The summed E-state index contributed by atoms with van der Waals surface area (Å²) in [5, 5.41) is 0. The van der Waals surface area contributed by atoms with Gasteiger partial charge in [-0.1, -0.05) is 57.2 Å². The molecule has 2 aliphatic rings. The molecule has 2 rings (SSSR count). The van der Waals surface area contributed by atoms with E-state index in [1.54, 1.807) is 0 Å². The molecule has 1 aliphatic heterocycles. The zero-order chi connectivity index (χ0) is 23.3. The standard InChI is InChI=1S/C28H46N4/c1-6-10-18-31(15-7-2)19-11-12-24-13-14-25-21-26(22-28(29)30-27(25)20-24)23(5)32(16-8-3)17-9-4/h6,13-14,21,27H,1,5,7-12,15-20,22H2,2-4H3,(H2,29,30). The SMILES string of the molecule is C=CCCN(CCC)CCCC1=CC=C2C=C(C(=C)N(CCC)CCC)CC(N)=NC2C1. The maximum Gasteiger partial charge on any atom is 0.0990 e. The molecule has 0 radical (unpaired) electrons. The van der Waals surface area contributed by atoms with Crippen molar-refractivity contribution in [2.45, 2.75) is 78.2 Å². The van der Waals surface area contributed by atoms with Crippen LogP contribution in [-0.2, 0) is 0 Å². The number of hydrogen-bond donors (Lipinski definition) is 1. The van der Waals surface area contributed by atoms with E-state index in [2.05, 4.69) is 62.0 Å². The molecular weight excluding hydrogens is 392 g/mol. The van der Waals surface area contributed by atoms with E-state index in [1.807, 2.05) is 6.08 Å². The summed E-state index contributed by atoms with van der Waals surface area (Å²) in [5.41, 5.74) is 11.5. The molecular formula is C28H46N4. The fourth-order valence-electron chi connectivity index (χ4n) is 4.67. The Morgan fingerprint density at radius 1 is 1.09 bits per heavy atom. The number of rotatable bonds is 15. The van der Waals surface area contributed by atoms with Gasteiger partial charge in [-0.2, -0.15) is 0 Å². The summed E-state index contributed by atoms with van der Waals surface area (Å²) in [6, 6.07) is 0.151. The molecule has 0 aromatic rings. The van der Waals surface area contributed by atoms with Crippen LogP contribution in [0.25, 0.3) is 0 Å². The summed E-state index contributed by atoms with van der Waals surface area (Å²) < 4.78 is 0. The number of hydrogen-bond acceptors (Lipinski definition) is 4. The number of amidine groups is 1. The first-order valence-corrected chi connectivity index (χ1v) is 12.7. The largest absolute Gasteiger partial charge is 0.387 e. The third kappa shape index (κ3) is 8.12. The van der Waals surface area contributed by atoms with Gasteiger partial charge < -0.3 is 15.5 Å². The first-order valence-electron chi connectivity index (χ1n) is 12.7. The molecule has 1 heterocycles. The zero-order valence-electron chi connectivity index (χ0n) is 20.9. The molecule has 1 unspecified atom stereocenters. The average molecular weight is 439 g/mol. The molecule has 0 saturated heterocycles. The van der Waals surface area contributed by atoms with E-state index in [0.29, 0.717) is 6.42 Å². The van der Waals surface area contributed by atoms with Crippen LogP contribution in [0.5, 0.6) is 0 Å². The Morgan fingerprint density at radius 3 is 2.47 bits per heavy atom. The van der Waals surface area contributed by atoms with Gasteiger partial charge in [0, 0.05) is 31.8 Å². The summed E-state index contributed by atoms with van der Waals surface area (Å²) in [5.74, 6) is 0.735. The van der Waals surface area contributed by atoms with Crippen LogP contribution in [0, 0.1) is 0 Å². The minimum Gasteiger partial charge on any atom is -0.387 e. The van der Waals surface area contributed by atoms with Gasteiger partial charge in [-0.25, -0.2) is 0 Å². The van der Waals surface area contributed by atoms with Gasteiger partial charge in [0.25, 0.3) is 0 Å². The van der Waals surface area contributed by atoms with Crippen LogP contribution in [-0.4, -0.2) is 54.4 Å². The fraction of sp³-hybridized carbons (Fsp3) is 0.607. The van der Waals surface area contributed by atoms with Gasteiger partial charge in [0.1, 0.15) is 0 Å². The van der Waals surface area contributed by atoms with Crippen LogP contribution < -0.4 is 5.73 Å². The molecule has 0 fully saturated rings. The monoisotopic (exact) mass is 438 g/mol. The third-order valence-corrected chi connectivity index (χ3v) is 6.29. The Morgan fingerprint density at radius 2 is 1.81 bits per heavy atom. The molecule has 0 spiro atoms. The fourth-order valence-corrected chi connectivity index (χ4v) is 4.67. The van der Waals surface area contributed by atoms with Crippen molar-refractivity contribution < 1.29 is 0 Å². The van der Waals surface area contributed by atoms with Gasteiger partial charge in [-0.05, 0) is 69.2 Å². The van der Waals surface area contributed by atoms with Crippen molar-refractivity contribution in [2.24, 2.45) is 10.7 Å². The lowest BCUT2D eigenvalue weighted by molar-refractivity contribution is 0.275. The van der Waals surface area contributed by atoms with E-state index in [-0.39, 0.29) is 6.04 Å². The first kappa shape index (κ1) is 26.2. The second-order valence-corrected chi connectivity index (χ2v) is 9.13. The van der Waals surface area contributed by atoms with Crippen molar-refractivity contribution >= 4 is 5.84 Å². The molecule has 1 aliphatic carbocycles. The van der Waals surface area contributed by atoms with Gasteiger partial charge in [-0.15, -0.1) is 6.58 Å². The van der Waals surface area contributed by atoms with E-state index in [0.717, 1.165) is 69.8 Å². The molecule has 0 saturated carbocycles. The highest BCUT2D eigenvalue weighted by molar-refractivity contribution is 5.85. The second kappa shape index (κ2) is 14.2. The minimum absolute atomic E-state index is 0.151. The van der Waals surface area contributed by atoms with E-state index in [4.69, 9.17) is 10.7 Å². The van der Waals surface area contributed by atoms with Crippen LogP contribution >= 0.6 is 0 Å². The van der Waals surface area contributed by atoms with Crippen LogP contribution in [0.3, 0.4) is 0 Å². The predicted octanol–water partition coefficient (Wildman–Crippen LogP) is 6.00. The molecule has 0 bridgehead atoms. The Labute approximate surface area is 197 Å². The van der Waals surface area contributed by atoms with Gasteiger partial charge in [-0.3, -0.25) is 4.99 Å². The summed E-state index contributed by atoms with van der Waals surface area (Å²) >= 11 is 0. The van der Waals surface area contributed by atoms with E-state index in [1.165, 1.54) is 36.1 Å². The summed E-state index contributed by atoms with van der Waals surface area (Å²) in [6.07, 6.45) is 17.4. The second-order valence-electron chi connectivity index (χ2n) is 9.13. The normalized spacial score (nSPS) is 18.2. The third-order valence-electron chi connectivity index (χ3n) is 6.29. The van der Waals surface area contributed by atoms with Gasteiger partial charge in [0.15, 0.2) is 0 Å². The predicted molar refractivity (Wildman–Crippen MR) is 141 cm³/mol. The number of nitrogens with two attached hydrogens (primary N) is 1. The van der Waals surface area contributed by atoms with Crippen molar-refractivity contribution in [3.63, 3.8) is 0 Å². The number of aliphatic imine (C=N–C) groups is 1. The lowest BCUT2D eigenvalue weighted by Gasteiger charge is -2.27. The first-order chi connectivity index (χ1) is 15.5. The van der Waals surface area contributed by atoms with Crippen molar-refractivity contribution in [1.29, 1.82) is 0 Å².